The number of nitrogens with two attached hydrogens (primary N) is 1. The van der Waals surface area contributed by atoms with Crippen molar-refractivity contribution < 1.29 is 4.39 Å². The molecule has 1 aliphatic rings. The van der Waals surface area contributed by atoms with E-state index in [-0.39, 0.29) is 16.9 Å². The van der Waals surface area contributed by atoms with Crippen LogP contribution in [0.4, 0.5) is 4.39 Å². The Morgan fingerprint density at radius 3 is 2.83 bits per heavy atom. The van der Waals surface area contributed by atoms with Gasteiger partial charge in [-0.1, -0.05) is 56.3 Å². The molecular formula is C15H21ClFN. The Morgan fingerprint density at radius 2 is 2.11 bits per heavy atom. The Morgan fingerprint density at radius 1 is 1.39 bits per heavy atom. The van der Waals surface area contributed by atoms with Gasteiger partial charge in [-0.05, 0) is 29.9 Å². The second-order valence-corrected chi connectivity index (χ2v) is 5.66. The third-order valence-electron chi connectivity index (χ3n) is 4.29. The van der Waals surface area contributed by atoms with Crippen LogP contribution in [0.3, 0.4) is 0 Å². The van der Waals surface area contributed by atoms with Gasteiger partial charge in [-0.25, -0.2) is 4.39 Å². The minimum Gasteiger partial charge on any atom is -0.324 e. The Bertz CT molecular complexity index is 407. The van der Waals surface area contributed by atoms with Crippen molar-refractivity contribution in [3.8, 4) is 0 Å². The Labute approximate surface area is 114 Å². The fourth-order valence-electron chi connectivity index (χ4n) is 3.22. The lowest BCUT2D eigenvalue weighted by atomic mass is 9.72. The van der Waals surface area contributed by atoms with Gasteiger partial charge >= 0.3 is 0 Å². The molecule has 0 saturated heterocycles. The molecule has 0 bridgehead atoms. The van der Waals surface area contributed by atoms with E-state index in [9.17, 15) is 4.39 Å². The zero-order chi connectivity index (χ0) is 13.1. The fraction of sp³-hybridized carbons (Fsp3) is 0.600. The second-order valence-electron chi connectivity index (χ2n) is 5.29. The molecule has 0 heterocycles. The number of halogens is 2. The van der Waals surface area contributed by atoms with E-state index < -0.39 is 0 Å². The normalized spacial score (nSPS) is 26.0. The van der Waals surface area contributed by atoms with Gasteiger partial charge in [0.05, 0.1) is 5.02 Å². The van der Waals surface area contributed by atoms with E-state index >= 15 is 0 Å². The van der Waals surface area contributed by atoms with E-state index in [0.29, 0.717) is 11.8 Å². The molecular weight excluding hydrogens is 249 g/mol. The van der Waals surface area contributed by atoms with Crippen LogP contribution in [0.1, 0.15) is 50.6 Å². The summed E-state index contributed by atoms with van der Waals surface area (Å²) in [5, 5.41) is 0.199. The van der Waals surface area contributed by atoms with Gasteiger partial charge in [-0.15, -0.1) is 0 Å². The van der Waals surface area contributed by atoms with E-state index in [4.69, 9.17) is 17.3 Å². The van der Waals surface area contributed by atoms with Crippen LogP contribution in [0, 0.1) is 17.7 Å². The highest BCUT2D eigenvalue weighted by Crippen LogP contribution is 2.40. The zero-order valence-electron chi connectivity index (χ0n) is 10.8. The van der Waals surface area contributed by atoms with Crippen LogP contribution in [0.15, 0.2) is 18.2 Å². The maximum atomic E-state index is 13.5. The van der Waals surface area contributed by atoms with Crippen molar-refractivity contribution >= 4 is 11.6 Å². The Balaban J connectivity index is 2.23. The molecule has 0 radical (unpaired) electrons. The van der Waals surface area contributed by atoms with Gasteiger partial charge in [-0.2, -0.15) is 0 Å². The van der Waals surface area contributed by atoms with Crippen LogP contribution in [0.2, 0.25) is 5.02 Å². The third-order valence-corrected chi connectivity index (χ3v) is 4.69. The molecule has 2 N–H and O–H groups in total. The molecule has 0 amide bonds. The van der Waals surface area contributed by atoms with Crippen LogP contribution in [0.5, 0.6) is 0 Å². The largest absolute Gasteiger partial charge is 0.324 e. The molecule has 100 valence electrons. The fourth-order valence-corrected chi connectivity index (χ4v) is 3.48. The predicted molar refractivity (Wildman–Crippen MR) is 74.1 cm³/mol. The quantitative estimate of drug-likeness (QED) is 0.846. The molecule has 1 aromatic carbocycles. The smallest absolute Gasteiger partial charge is 0.142 e. The lowest BCUT2D eigenvalue weighted by molar-refractivity contribution is 0.196. The molecule has 0 aliphatic heterocycles. The molecule has 0 spiro atoms. The summed E-state index contributed by atoms with van der Waals surface area (Å²) in [4.78, 5) is 0. The molecule has 1 saturated carbocycles. The lowest BCUT2D eigenvalue weighted by Crippen LogP contribution is -2.30. The van der Waals surface area contributed by atoms with E-state index in [0.717, 1.165) is 18.4 Å². The molecule has 3 atom stereocenters. The standard InChI is InChI=1S/C15H21ClFN/c1-2-10-6-3-4-7-11(10)15(18)12-8-5-9-13(17)14(12)16/h5,8-11,15H,2-4,6-7,18H2,1H3. The first-order valence-corrected chi connectivity index (χ1v) is 7.22. The molecule has 0 aromatic heterocycles. The van der Waals surface area contributed by atoms with Gasteiger partial charge in [0.15, 0.2) is 0 Å². The topological polar surface area (TPSA) is 26.0 Å². The van der Waals surface area contributed by atoms with Crippen molar-refractivity contribution in [1.82, 2.24) is 0 Å². The Kier molecular flexibility index (Phi) is 4.63. The number of hydrogen-bond donors (Lipinski definition) is 1. The van der Waals surface area contributed by atoms with Crippen LogP contribution in [0.25, 0.3) is 0 Å². The molecule has 1 nitrogen and oxygen atoms in total. The first-order chi connectivity index (χ1) is 8.65. The summed E-state index contributed by atoms with van der Waals surface area (Å²) in [5.74, 6) is 0.713. The van der Waals surface area contributed by atoms with Gasteiger partial charge in [0.2, 0.25) is 0 Å². The van der Waals surface area contributed by atoms with Crippen molar-refractivity contribution in [2.45, 2.75) is 45.1 Å². The molecule has 3 unspecified atom stereocenters. The molecule has 1 aliphatic carbocycles. The van der Waals surface area contributed by atoms with E-state index in [2.05, 4.69) is 6.92 Å². The van der Waals surface area contributed by atoms with Crippen molar-refractivity contribution in [3.05, 3.63) is 34.6 Å². The predicted octanol–water partition coefficient (Wildman–Crippen LogP) is 4.70. The van der Waals surface area contributed by atoms with Gasteiger partial charge in [0, 0.05) is 6.04 Å². The summed E-state index contributed by atoms with van der Waals surface area (Å²) in [7, 11) is 0. The molecule has 1 aromatic rings. The highest BCUT2D eigenvalue weighted by atomic mass is 35.5. The van der Waals surface area contributed by atoms with Gasteiger partial charge in [-0.3, -0.25) is 0 Å². The summed E-state index contributed by atoms with van der Waals surface area (Å²) in [6, 6.07) is 4.80. The number of benzene rings is 1. The van der Waals surface area contributed by atoms with Crippen LogP contribution in [-0.2, 0) is 0 Å². The van der Waals surface area contributed by atoms with Gasteiger partial charge in [0.25, 0.3) is 0 Å². The second kappa shape index (κ2) is 6.03. The first kappa shape index (κ1) is 13.8. The first-order valence-electron chi connectivity index (χ1n) is 6.84. The zero-order valence-corrected chi connectivity index (χ0v) is 11.6. The van der Waals surface area contributed by atoms with E-state index in [1.807, 2.05) is 6.07 Å². The third kappa shape index (κ3) is 2.70. The lowest BCUT2D eigenvalue weighted by Gasteiger charge is -2.35. The monoisotopic (exact) mass is 269 g/mol. The SMILES string of the molecule is CCC1CCCCC1C(N)c1cccc(F)c1Cl. The minimum absolute atomic E-state index is 0.140. The van der Waals surface area contributed by atoms with Crippen molar-refractivity contribution in [2.24, 2.45) is 17.6 Å². The van der Waals surface area contributed by atoms with Crippen LogP contribution >= 0.6 is 11.6 Å². The Hall–Kier alpha value is -0.600. The maximum Gasteiger partial charge on any atom is 0.142 e. The highest BCUT2D eigenvalue weighted by Gasteiger charge is 2.30. The molecule has 1 fully saturated rings. The summed E-state index contributed by atoms with van der Waals surface area (Å²) in [6.45, 7) is 2.21. The van der Waals surface area contributed by atoms with Crippen molar-refractivity contribution in [2.75, 3.05) is 0 Å². The van der Waals surface area contributed by atoms with Gasteiger partial charge in [0.1, 0.15) is 5.82 Å². The van der Waals surface area contributed by atoms with Crippen molar-refractivity contribution in [3.63, 3.8) is 0 Å². The van der Waals surface area contributed by atoms with Crippen LogP contribution in [-0.4, -0.2) is 0 Å². The van der Waals surface area contributed by atoms with Gasteiger partial charge < -0.3 is 5.73 Å². The summed E-state index contributed by atoms with van der Waals surface area (Å²) in [6.07, 6.45) is 6.03. The maximum absolute atomic E-state index is 13.5. The molecule has 3 heteroatoms. The van der Waals surface area contributed by atoms with Crippen LogP contribution < -0.4 is 5.73 Å². The molecule has 18 heavy (non-hydrogen) atoms. The average molecular weight is 270 g/mol. The summed E-state index contributed by atoms with van der Waals surface area (Å²) < 4.78 is 13.5. The number of rotatable bonds is 3. The minimum atomic E-state index is -0.367. The summed E-state index contributed by atoms with van der Waals surface area (Å²) in [5.41, 5.74) is 7.12. The summed E-state index contributed by atoms with van der Waals surface area (Å²) >= 11 is 6.04. The van der Waals surface area contributed by atoms with E-state index in [1.165, 1.54) is 25.3 Å². The average Bonchev–Trinajstić information content (AvgIpc) is 2.41. The van der Waals surface area contributed by atoms with Crippen molar-refractivity contribution in [1.29, 1.82) is 0 Å². The van der Waals surface area contributed by atoms with E-state index in [1.54, 1.807) is 6.07 Å². The highest BCUT2D eigenvalue weighted by molar-refractivity contribution is 6.31. The number of hydrogen-bond acceptors (Lipinski definition) is 1. The molecule has 2 rings (SSSR count).